The highest BCUT2D eigenvalue weighted by molar-refractivity contribution is 5.88. The largest absolute Gasteiger partial charge is 0.459 e. The van der Waals surface area contributed by atoms with Crippen LogP contribution in [-0.2, 0) is 20.9 Å². The normalized spacial score (nSPS) is 17.5. The zero-order chi connectivity index (χ0) is 19.6. The molecule has 8 nitrogen and oxygen atoms in total. The molecule has 0 spiro atoms. The van der Waals surface area contributed by atoms with Gasteiger partial charge in [-0.25, -0.2) is 9.97 Å². The molecule has 1 aromatic carbocycles. The van der Waals surface area contributed by atoms with Gasteiger partial charge in [0.1, 0.15) is 17.7 Å². The lowest BCUT2D eigenvalue weighted by Crippen LogP contribution is -2.41. The molecule has 27 heavy (non-hydrogen) atoms. The summed E-state index contributed by atoms with van der Waals surface area (Å²) in [6.45, 7) is 6.59. The second-order valence-electron chi connectivity index (χ2n) is 7.68. The quantitative estimate of drug-likeness (QED) is 0.761. The number of likely N-dealkylation sites (tertiary alicyclic amines) is 1. The van der Waals surface area contributed by atoms with Gasteiger partial charge < -0.3 is 15.4 Å². The number of ether oxygens (including phenoxy) is 1. The third-order valence-electron chi connectivity index (χ3n) is 4.32. The molecule has 1 aliphatic rings. The standard InChI is InChI=1S/C19H25N5O3/c1-19(2,3)27-16(25)9-21-14-6-7-24(18(14)26)10-12-4-5-13-15(8-12)22-11-23-17(13)20/h4-5,8,11,14,21H,6-7,9-10H2,1-3H3,(H2,20,22,23)/t14-/m0/s1. The number of nitrogens with one attached hydrogen (secondary N) is 1. The Kier molecular flexibility index (Phi) is 5.27. The highest BCUT2D eigenvalue weighted by Gasteiger charge is 2.32. The number of anilines is 1. The van der Waals surface area contributed by atoms with Crippen LogP contribution in [0.25, 0.3) is 10.9 Å². The molecular formula is C19H25N5O3. The molecular weight excluding hydrogens is 346 g/mol. The molecule has 1 aromatic heterocycles. The number of hydrogen-bond donors (Lipinski definition) is 2. The maximum Gasteiger partial charge on any atom is 0.320 e. The van der Waals surface area contributed by atoms with Gasteiger partial charge in [-0.2, -0.15) is 0 Å². The predicted molar refractivity (Wildman–Crippen MR) is 102 cm³/mol. The minimum absolute atomic E-state index is 0.0131. The van der Waals surface area contributed by atoms with Crippen molar-refractivity contribution in [2.24, 2.45) is 0 Å². The fourth-order valence-corrected chi connectivity index (χ4v) is 3.11. The molecule has 0 aliphatic carbocycles. The third-order valence-corrected chi connectivity index (χ3v) is 4.32. The van der Waals surface area contributed by atoms with Crippen molar-refractivity contribution in [3.8, 4) is 0 Å². The average molecular weight is 371 g/mol. The Labute approximate surface area is 158 Å². The molecule has 1 saturated heterocycles. The van der Waals surface area contributed by atoms with Gasteiger partial charge in [0.2, 0.25) is 5.91 Å². The van der Waals surface area contributed by atoms with Gasteiger partial charge in [0.05, 0.1) is 18.1 Å². The lowest BCUT2D eigenvalue weighted by molar-refractivity contribution is -0.153. The Bertz CT molecular complexity index is 862. The summed E-state index contributed by atoms with van der Waals surface area (Å²) in [5.74, 6) is 0.0663. The van der Waals surface area contributed by atoms with Crippen molar-refractivity contribution < 1.29 is 14.3 Å². The van der Waals surface area contributed by atoms with Gasteiger partial charge in [0.15, 0.2) is 0 Å². The first-order valence-electron chi connectivity index (χ1n) is 8.96. The summed E-state index contributed by atoms with van der Waals surface area (Å²) in [4.78, 5) is 34.4. The van der Waals surface area contributed by atoms with Crippen LogP contribution in [0.5, 0.6) is 0 Å². The van der Waals surface area contributed by atoms with E-state index in [2.05, 4.69) is 15.3 Å². The smallest absolute Gasteiger partial charge is 0.320 e. The highest BCUT2D eigenvalue weighted by Crippen LogP contribution is 2.21. The highest BCUT2D eigenvalue weighted by atomic mass is 16.6. The molecule has 144 valence electrons. The summed E-state index contributed by atoms with van der Waals surface area (Å²) in [5, 5.41) is 3.80. The van der Waals surface area contributed by atoms with Crippen LogP contribution in [0.2, 0.25) is 0 Å². The molecule has 0 saturated carbocycles. The molecule has 2 aromatic rings. The molecule has 8 heteroatoms. The van der Waals surface area contributed by atoms with Crippen LogP contribution in [-0.4, -0.2) is 51.5 Å². The molecule has 0 radical (unpaired) electrons. The van der Waals surface area contributed by atoms with Crippen LogP contribution in [0, 0.1) is 0 Å². The SMILES string of the molecule is CC(C)(C)OC(=O)CN[C@H]1CCN(Cc2ccc3c(N)ncnc3c2)C1=O. The molecule has 3 rings (SSSR count). The topological polar surface area (TPSA) is 110 Å². The minimum atomic E-state index is -0.534. The number of hydrogen-bond acceptors (Lipinski definition) is 7. The Balaban J connectivity index is 1.58. The number of carbonyl (C=O) groups is 2. The number of rotatable bonds is 5. The minimum Gasteiger partial charge on any atom is -0.459 e. The average Bonchev–Trinajstić information content (AvgIpc) is 2.92. The van der Waals surface area contributed by atoms with Crippen molar-refractivity contribution in [1.82, 2.24) is 20.2 Å². The van der Waals surface area contributed by atoms with E-state index in [4.69, 9.17) is 10.5 Å². The molecule has 0 bridgehead atoms. The van der Waals surface area contributed by atoms with Crippen LogP contribution in [0.3, 0.4) is 0 Å². The van der Waals surface area contributed by atoms with Crippen molar-refractivity contribution in [1.29, 1.82) is 0 Å². The zero-order valence-corrected chi connectivity index (χ0v) is 15.9. The van der Waals surface area contributed by atoms with Crippen LogP contribution in [0.15, 0.2) is 24.5 Å². The van der Waals surface area contributed by atoms with Crippen LogP contribution < -0.4 is 11.1 Å². The lowest BCUT2D eigenvalue weighted by Gasteiger charge is -2.20. The summed E-state index contributed by atoms with van der Waals surface area (Å²) in [6, 6.07) is 5.36. The van der Waals surface area contributed by atoms with E-state index in [0.717, 1.165) is 16.5 Å². The molecule has 0 unspecified atom stereocenters. The van der Waals surface area contributed by atoms with E-state index >= 15 is 0 Å². The summed E-state index contributed by atoms with van der Waals surface area (Å²) >= 11 is 0. The number of benzene rings is 1. The number of nitrogens with zero attached hydrogens (tertiary/aromatic N) is 3. The number of esters is 1. The van der Waals surface area contributed by atoms with Gasteiger partial charge >= 0.3 is 5.97 Å². The number of amides is 1. The summed E-state index contributed by atoms with van der Waals surface area (Å²) in [7, 11) is 0. The summed E-state index contributed by atoms with van der Waals surface area (Å²) in [5.41, 5.74) is 7.04. The second-order valence-corrected chi connectivity index (χ2v) is 7.68. The van der Waals surface area contributed by atoms with Gasteiger partial charge in [0.25, 0.3) is 0 Å². The first kappa shape index (κ1) is 19.0. The Morgan fingerprint density at radius 2 is 2.15 bits per heavy atom. The Hall–Kier alpha value is -2.74. The molecule has 1 atom stereocenters. The van der Waals surface area contributed by atoms with Gasteiger partial charge in [-0.1, -0.05) is 6.07 Å². The Morgan fingerprint density at radius 3 is 2.89 bits per heavy atom. The van der Waals surface area contributed by atoms with Crippen molar-refractivity contribution in [2.75, 3.05) is 18.8 Å². The van der Waals surface area contributed by atoms with E-state index in [1.54, 1.807) is 4.90 Å². The Morgan fingerprint density at radius 1 is 1.37 bits per heavy atom. The van der Waals surface area contributed by atoms with E-state index < -0.39 is 5.60 Å². The van der Waals surface area contributed by atoms with Crippen LogP contribution >= 0.6 is 0 Å². The molecule has 1 amide bonds. The van der Waals surface area contributed by atoms with Crippen molar-refractivity contribution >= 4 is 28.6 Å². The van der Waals surface area contributed by atoms with Gasteiger partial charge in [-0.15, -0.1) is 0 Å². The lowest BCUT2D eigenvalue weighted by atomic mass is 10.1. The molecule has 1 aliphatic heterocycles. The van der Waals surface area contributed by atoms with Crippen molar-refractivity contribution in [3.63, 3.8) is 0 Å². The van der Waals surface area contributed by atoms with Crippen LogP contribution in [0.1, 0.15) is 32.8 Å². The first-order chi connectivity index (χ1) is 12.7. The van der Waals surface area contributed by atoms with E-state index in [0.29, 0.717) is 25.3 Å². The number of fused-ring (bicyclic) bond motifs is 1. The summed E-state index contributed by atoms with van der Waals surface area (Å²) < 4.78 is 5.26. The fourth-order valence-electron chi connectivity index (χ4n) is 3.11. The van der Waals surface area contributed by atoms with Gasteiger partial charge in [0, 0.05) is 18.5 Å². The van der Waals surface area contributed by atoms with E-state index in [-0.39, 0.29) is 24.5 Å². The van der Waals surface area contributed by atoms with Gasteiger partial charge in [-0.3, -0.25) is 14.9 Å². The van der Waals surface area contributed by atoms with E-state index in [1.807, 2.05) is 39.0 Å². The molecule has 2 heterocycles. The number of carbonyl (C=O) groups excluding carboxylic acids is 2. The zero-order valence-electron chi connectivity index (χ0n) is 15.9. The van der Waals surface area contributed by atoms with Gasteiger partial charge in [-0.05, 0) is 44.9 Å². The second kappa shape index (κ2) is 7.48. The molecule has 3 N–H and O–H groups in total. The van der Waals surface area contributed by atoms with Crippen molar-refractivity contribution in [2.45, 2.75) is 45.4 Å². The monoisotopic (exact) mass is 371 g/mol. The summed E-state index contributed by atoms with van der Waals surface area (Å²) in [6.07, 6.45) is 2.09. The first-order valence-corrected chi connectivity index (χ1v) is 8.96. The van der Waals surface area contributed by atoms with E-state index in [9.17, 15) is 9.59 Å². The number of aromatic nitrogens is 2. The predicted octanol–water partition coefficient (Wildman–Crippen LogP) is 1.24. The molecule has 1 fully saturated rings. The maximum atomic E-state index is 12.6. The fraction of sp³-hybridized carbons (Fsp3) is 0.474. The third kappa shape index (κ3) is 4.71. The van der Waals surface area contributed by atoms with Crippen molar-refractivity contribution in [3.05, 3.63) is 30.1 Å². The van der Waals surface area contributed by atoms with E-state index in [1.165, 1.54) is 6.33 Å². The number of nitrogen functional groups attached to an aromatic ring is 1. The maximum absolute atomic E-state index is 12.6. The number of nitrogens with two attached hydrogens (primary N) is 1. The van der Waals surface area contributed by atoms with Crippen LogP contribution in [0.4, 0.5) is 5.82 Å².